The van der Waals surface area contributed by atoms with E-state index in [1.54, 1.807) is 6.20 Å². The first kappa shape index (κ1) is 12.7. The van der Waals surface area contributed by atoms with Crippen molar-refractivity contribution >= 4 is 17.4 Å². The summed E-state index contributed by atoms with van der Waals surface area (Å²) in [6.07, 6.45) is 5.42. The summed E-state index contributed by atoms with van der Waals surface area (Å²) < 4.78 is 0. The van der Waals surface area contributed by atoms with Gasteiger partial charge in [0.1, 0.15) is 5.82 Å². The first-order valence-electron chi connectivity index (χ1n) is 6.39. The van der Waals surface area contributed by atoms with E-state index in [9.17, 15) is 0 Å². The first-order valence-corrected chi connectivity index (χ1v) is 6.77. The second-order valence-corrected chi connectivity index (χ2v) is 5.01. The lowest BCUT2D eigenvalue weighted by molar-refractivity contribution is 0.575. The smallest absolute Gasteiger partial charge is 0.128 e. The van der Waals surface area contributed by atoms with Crippen LogP contribution in [0.1, 0.15) is 26.2 Å². The number of anilines is 1. The van der Waals surface area contributed by atoms with Gasteiger partial charge in [0.05, 0.1) is 5.02 Å². The van der Waals surface area contributed by atoms with Gasteiger partial charge in [0.15, 0.2) is 0 Å². The molecule has 1 atom stereocenters. The lowest BCUT2D eigenvalue weighted by Gasteiger charge is -2.26. The topological polar surface area (TPSA) is 28.2 Å². The van der Waals surface area contributed by atoms with Gasteiger partial charge in [0, 0.05) is 25.3 Å². The van der Waals surface area contributed by atoms with Crippen molar-refractivity contribution < 1.29 is 0 Å². The van der Waals surface area contributed by atoms with E-state index in [1.807, 2.05) is 12.1 Å². The van der Waals surface area contributed by atoms with E-state index >= 15 is 0 Å². The van der Waals surface area contributed by atoms with Crippen molar-refractivity contribution in [3.63, 3.8) is 0 Å². The van der Waals surface area contributed by atoms with Crippen molar-refractivity contribution in [3.05, 3.63) is 23.4 Å². The zero-order chi connectivity index (χ0) is 12.1. The van der Waals surface area contributed by atoms with Crippen LogP contribution in [0.25, 0.3) is 0 Å². The highest BCUT2D eigenvalue weighted by molar-refractivity contribution is 6.30. The van der Waals surface area contributed by atoms with Gasteiger partial charge >= 0.3 is 0 Å². The fraction of sp³-hybridized carbons (Fsp3) is 0.615. The second kappa shape index (κ2) is 6.22. The van der Waals surface area contributed by atoms with E-state index in [0.717, 1.165) is 31.9 Å². The van der Waals surface area contributed by atoms with Crippen LogP contribution in [-0.4, -0.2) is 30.7 Å². The Morgan fingerprint density at radius 3 is 3.00 bits per heavy atom. The molecule has 1 N–H and O–H groups in total. The number of hydrogen-bond donors (Lipinski definition) is 1. The summed E-state index contributed by atoms with van der Waals surface area (Å²) in [7, 11) is 0. The van der Waals surface area contributed by atoms with Crippen molar-refractivity contribution in [2.24, 2.45) is 0 Å². The van der Waals surface area contributed by atoms with Crippen molar-refractivity contribution in [2.45, 2.75) is 32.2 Å². The monoisotopic (exact) mass is 253 g/mol. The molecule has 94 valence electrons. The molecule has 2 heterocycles. The molecule has 0 spiro atoms. The van der Waals surface area contributed by atoms with Crippen LogP contribution in [0.2, 0.25) is 5.02 Å². The van der Waals surface area contributed by atoms with Gasteiger partial charge in [-0.15, -0.1) is 0 Å². The second-order valence-electron chi connectivity index (χ2n) is 4.57. The van der Waals surface area contributed by atoms with Crippen LogP contribution in [0.4, 0.5) is 5.82 Å². The predicted molar refractivity (Wildman–Crippen MR) is 72.8 cm³/mol. The summed E-state index contributed by atoms with van der Waals surface area (Å²) in [6.45, 7) is 5.44. The molecule has 1 unspecified atom stereocenters. The summed E-state index contributed by atoms with van der Waals surface area (Å²) in [5.41, 5.74) is 0. The molecule has 0 bridgehead atoms. The zero-order valence-corrected chi connectivity index (χ0v) is 11.1. The van der Waals surface area contributed by atoms with Crippen molar-refractivity contribution in [1.29, 1.82) is 0 Å². The Morgan fingerprint density at radius 1 is 1.53 bits per heavy atom. The summed E-state index contributed by atoms with van der Waals surface area (Å²) >= 11 is 5.87. The highest BCUT2D eigenvalue weighted by atomic mass is 35.5. The van der Waals surface area contributed by atoms with Crippen LogP contribution in [0, 0.1) is 0 Å². The Morgan fingerprint density at radius 2 is 2.41 bits per heavy atom. The molecule has 1 aliphatic heterocycles. The van der Waals surface area contributed by atoms with Crippen molar-refractivity contribution in [1.82, 2.24) is 10.3 Å². The normalized spacial score (nSPS) is 19.5. The molecule has 1 aliphatic rings. The zero-order valence-electron chi connectivity index (χ0n) is 10.3. The van der Waals surface area contributed by atoms with Gasteiger partial charge in [-0.1, -0.05) is 18.5 Å². The molecule has 4 heteroatoms. The van der Waals surface area contributed by atoms with Gasteiger partial charge in [0.2, 0.25) is 0 Å². The maximum atomic E-state index is 5.87. The highest BCUT2D eigenvalue weighted by Gasteiger charge is 2.18. The van der Waals surface area contributed by atoms with Gasteiger partial charge < -0.3 is 10.2 Å². The lowest BCUT2D eigenvalue weighted by Crippen LogP contribution is -2.38. The first-order chi connectivity index (χ1) is 8.29. The molecule has 1 fully saturated rings. The molecule has 17 heavy (non-hydrogen) atoms. The van der Waals surface area contributed by atoms with Crippen LogP contribution in [0.5, 0.6) is 0 Å². The fourth-order valence-electron chi connectivity index (χ4n) is 2.30. The van der Waals surface area contributed by atoms with Crippen LogP contribution >= 0.6 is 11.6 Å². The largest absolute Gasteiger partial charge is 0.355 e. The SMILES string of the molecule is CCCN(CC1CCCN1)c1ccc(Cl)cn1. The summed E-state index contributed by atoms with van der Waals surface area (Å²) in [5, 5.41) is 4.23. The van der Waals surface area contributed by atoms with E-state index in [1.165, 1.54) is 12.8 Å². The third-order valence-corrected chi connectivity index (χ3v) is 3.36. The Bertz CT molecular complexity index is 333. The number of nitrogens with zero attached hydrogens (tertiary/aromatic N) is 2. The van der Waals surface area contributed by atoms with Gasteiger partial charge in [-0.05, 0) is 37.9 Å². The van der Waals surface area contributed by atoms with Crippen LogP contribution in [0.3, 0.4) is 0 Å². The fourth-order valence-corrected chi connectivity index (χ4v) is 2.41. The molecule has 2 rings (SSSR count). The maximum absolute atomic E-state index is 5.87. The Balaban J connectivity index is 2.02. The average Bonchev–Trinajstić information content (AvgIpc) is 2.82. The third-order valence-electron chi connectivity index (χ3n) is 3.13. The van der Waals surface area contributed by atoms with Crippen molar-refractivity contribution in [3.8, 4) is 0 Å². The molecule has 0 aliphatic carbocycles. The van der Waals surface area contributed by atoms with E-state index in [4.69, 9.17) is 11.6 Å². The van der Waals surface area contributed by atoms with Crippen LogP contribution in [-0.2, 0) is 0 Å². The third kappa shape index (κ3) is 3.58. The molecular formula is C13H20ClN3. The van der Waals surface area contributed by atoms with Gasteiger partial charge in [-0.25, -0.2) is 4.98 Å². The Hall–Kier alpha value is -0.800. The summed E-state index contributed by atoms with van der Waals surface area (Å²) in [5.74, 6) is 1.03. The minimum absolute atomic E-state index is 0.610. The molecule has 3 nitrogen and oxygen atoms in total. The van der Waals surface area contributed by atoms with Gasteiger partial charge in [-0.3, -0.25) is 0 Å². The number of nitrogens with one attached hydrogen (secondary N) is 1. The van der Waals surface area contributed by atoms with E-state index in [2.05, 4.69) is 22.1 Å². The van der Waals surface area contributed by atoms with Crippen molar-refractivity contribution in [2.75, 3.05) is 24.5 Å². The van der Waals surface area contributed by atoms with E-state index in [0.29, 0.717) is 11.1 Å². The van der Waals surface area contributed by atoms with E-state index in [-0.39, 0.29) is 0 Å². The standard InChI is InChI=1S/C13H20ClN3/c1-2-8-17(10-12-4-3-7-15-12)13-6-5-11(14)9-16-13/h5-6,9,12,15H,2-4,7-8,10H2,1H3. The summed E-state index contributed by atoms with van der Waals surface area (Å²) in [4.78, 5) is 6.75. The van der Waals surface area contributed by atoms with Gasteiger partial charge in [-0.2, -0.15) is 0 Å². The van der Waals surface area contributed by atoms with Crippen LogP contribution < -0.4 is 10.2 Å². The van der Waals surface area contributed by atoms with Crippen LogP contribution in [0.15, 0.2) is 18.3 Å². The quantitative estimate of drug-likeness (QED) is 0.875. The molecule has 1 aromatic rings. The number of aromatic nitrogens is 1. The molecule has 1 aromatic heterocycles. The molecule has 0 radical (unpaired) electrons. The number of pyridine rings is 1. The molecule has 0 saturated carbocycles. The minimum Gasteiger partial charge on any atom is -0.355 e. The van der Waals surface area contributed by atoms with Gasteiger partial charge in [0.25, 0.3) is 0 Å². The molecule has 1 saturated heterocycles. The number of hydrogen-bond acceptors (Lipinski definition) is 3. The average molecular weight is 254 g/mol. The predicted octanol–water partition coefficient (Wildman–Crippen LogP) is 2.70. The minimum atomic E-state index is 0.610. The molecule has 0 aromatic carbocycles. The Kier molecular flexibility index (Phi) is 4.63. The molecule has 0 amide bonds. The number of rotatable bonds is 5. The maximum Gasteiger partial charge on any atom is 0.128 e. The Labute approximate surface area is 108 Å². The summed E-state index contributed by atoms with van der Waals surface area (Å²) in [6, 6.07) is 4.53. The number of halogens is 1. The lowest BCUT2D eigenvalue weighted by atomic mass is 10.2. The van der Waals surface area contributed by atoms with E-state index < -0.39 is 0 Å². The molecular weight excluding hydrogens is 234 g/mol. The highest BCUT2D eigenvalue weighted by Crippen LogP contribution is 2.16.